The number of anilines is 2. The summed E-state index contributed by atoms with van der Waals surface area (Å²) in [5, 5.41) is 5.90. The van der Waals surface area contributed by atoms with Crippen molar-refractivity contribution in [2.75, 3.05) is 11.1 Å². The van der Waals surface area contributed by atoms with Crippen LogP contribution in [0.3, 0.4) is 0 Å². The molecule has 3 nitrogen and oxygen atoms in total. The standard InChI is InChI=1S/C16H21N3/c1-11-3-2-4-12(9-11)19-16-6-5-15(17)13-7-8-18-10-14(13)16/h5-8,10-12,19H,2-4,9,17H2,1H3. The Hall–Kier alpha value is -1.77. The highest BCUT2D eigenvalue weighted by Crippen LogP contribution is 2.31. The minimum Gasteiger partial charge on any atom is -0.398 e. The van der Waals surface area contributed by atoms with Gasteiger partial charge in [-0.15, -0.1) is 0 Å². The molecule has 0 spiro atoms. The van der Waals surface area contributed by atoms with Crippen LogP contribution in [0.2, 0.25) is 0 Å². The Kier molecular flexibility index (Phi) is 3.28. The third-order valence-electron chi connectivity index (χ3n) is 4.15. The van der Waals surface area contributed by atoms with Crippen LogP contribution >= 0.6 is 0 Å². The largest absolute Gasteiger partial charge is 0.398 e. The maximum absolute atomic E-state index is 6.02. The van der Waals surface area contributed by atoms with Crippen LogP contribution in [0.15, 0.2) is 30.6 Å². The summed E-state index contributed by atoms with van der Waals surface area (Å²) in [6.45, 7) is 2.34. The van der Waals surface area contributed by atoms with E-state index < -0.39 is 0 Å². The van der Waals surface area contributed by atoms with E-state index in [-0.39, 0.29) is 0 Å². The zero-order valence-corrected chi connectivity index (χ0v) is 11.4. The lowest BCUT2D eigenvalue weighted by molar-refractivity contribution is 0.359. The summed E-state index contributed by atoms with van der Waals surface area (Å²) in [6, 6.07) is 6.63. The van der Waals surface area contributed by atoms with Crippen LogP contribution in [0, 0.1) is 5.92 Å². The van der Waals surface area contributed by atoms with Gasteiger partial charge in [-0.1, -0.05) is 19.8 Å². The molecule has 3 N–H and O–H groups in total. The average Bonchev–Trinajstić information content (AvgIpc) is 2.42. The number of hydrogen-bond acceptors (Lipinski definition) is 3. The van der Waals surface area contributed by atoms with Crippen molar-refractivity contribution >= 4 is 22.1 Å². The first-order valence-corrected chi connectivity index (χ1v) is 7.13. The van der Waals surface area contributed by atoms with Gasteiger partial charge in [0.25, 0.3) is 0 Å². The van der Waals surface area contributed by atoms with Gasteiger partial charge in [0.1, 0.15) is 0 Å². The summed E-state index contributed by atoms with van der Waals surface area (Å²) in [6.07, 6.45) is 8.90. The number of benzene rings is 1. The molecule has 1 fully saturated rings. The lowest BCUT2D eigenvalue weighted by Gasteiger charge is -2.28. The minimum absolute atomic E-state index is 0.579. The normalized spacial score (nSPS) is 23.4. The zero-order valence-electron chi connectivity index (χ0n) is 11.4. The van der Waals surface area contributed by atoms with Crippen molar-refractivity contribution in [1.29, 1.82) is 0 Å². The Bertz CT molecular complexity index is 579. The molecular formula is C16H21N3. The van der Waals surface area contributed by atoms with E-state index in [2.05, 4.69) is 23.3 Å². The molecule has 0 bridgehead atoms. The van der Waals surface area contributed by atoms with Crippen molar-refractivity contribution in [1.82, 2.24) is 4.98 Å². The maximum Gasteiger partial charge on any atom is 0.0439 e. The summed E-state index contributed by atoms with van der Waals surface area (Å²) in [5.41, 5.74) is 8.01. The zero-order chi connectivity index (χ0) is 13.2. The Labute approximate surface area is 114 Å². The van der Waals surface area contributed by atoms with Gasteiger partial charge in [-0.3, -0.25) is 4.98 Å². The fourth-order valence-electron chi connectivity index (χ4n) is 3.12. The van der Waals surface area contributed by atoms with Gasteiger partial charge in [0.15, 0.2) is 0 Å². The van der Waals surface area contributed by atoms with Crippen molar-refractivity contribution in [3.8, 4) is 0 Å². The van der Waals surface area contributed by atoms with Crippen LogP contribution in [0.25, 0.3) is 10.8 Å². The number of nitrogens with zero attached hydrogens (tertiary/aromatic N) is 1. The van der Waals surface area contributed by atoms with Crippen LogP contribution in [-0.4, -0.2) is 11.0 Å². The van der Waals surface area contributed by atoms with Crippen molar-refractivity contribution in [2.45, 2.75) is 38.6 Å². The number of rotatable bonds is 2. The Morgan fingerprint density at radius 3 is 2.95 bits per heavy atom. The predicted molar refractivity (Wildman–Crippen MR) is 81.2 cm³/mol. The second-order valence-corrected chi connectivity index (χ2v) is 5.74. The molecule has 2 aromatic rings. The van der Waals surface area contributed by atoms with Crippen LogP contribution in [0.4, 0.5) is 11.4 Å². The van der Waals surface area contributed by atoms with Crippen LogP contribution in [0.1, 0.15) is 32.6 Å². The Morgan fingerprint density at radius 1 is 1.21 bits per heavy atom. The SMILES string of the molecule is CC1CCCC(Nc2ccc(N)c3ccncc23)C1. The molecule has 1 aromatic heterocycles. The second-order valence-electron chi connectivity index (χ2n) is 5.74. The molecule has 3 rings (SSSR count). The summed E-state index contributed by atoms with van der Waals surface area (Å²) in [5.74, 6) is 0.824. The summed E-state index contributed by atoms with van der Waals surface area (Å²) < 4.78 is 0. The highest BCUT2D eigenvalue weighted by Gasteiger charge is 2.19. The highest BCUT2D eigenvalue weighted by atomic mass is 14.9. The van der Waals surface area contributed by atoms with Gasteiger partial charge in [0.05, 0.1) is 0 Å². The predicted octanol–water partition coefficient (Wildman–Crippen LogP) is 3.81. The molecule has 2 unspecified atom stereocenters. The monoisotopic (exact) mass is 255 g/mol. The van der Waals surface area contributed by atoms with E-state index >= 15 is 0 Å². The number of pyridine rings is 1. The van der Waals surface area contributed by atoms with Crippen molar-refractivity contribution in [3.63, 3.8) is 0 Å². The lowest BCUT2D eigenvalue weighted by Crippen LogP contribution is -2.26. The molecule has 0 amide bonds. The van der Waals surface area contributed by atoms with E-state index in [9.17, 15) is 0 Å². The van der Waals surface area contributed by atoms with Gasteiger partial charge < -0.3 is 11.1 Å². The first-order valence-electron chi connectivity index (χ1n) is 7.13. The number of aromatic nitrogens is 1. The van der Waals surface area contributed by atoms with Gasteiger partial charge in [0, 0.05) is 40.6 Å². The third kappa shape index (κ3) is 2.50. The molecule has 1 aliphatic rings. The third-order valence-corrected chi connectivity index (χ3v) is 4.15. The fourth-order valence-corrected chi connectivity index (χ4v) is 3.12. The second kappa shape index (κ2) is 5.08. The van der Waals surface area contributed by atoms with E-state index in [1.165, 1.54) is 25.7 Å². The molecule has 1 aromatic carbocycles. The quantitative estimate of drug-likeness (QED) is 0.802. The molecule has 1 aliphatic carbocycles. The van der Waals surface area contributed by atoms with E-state index in [0.29, 0.717) is 6.04 Å². The van der Waals surface area contributed by atoms with Gasteiger partial charge in [0.2, 0.25) is 0 Å². The Morgan fingerprint density at radius 2 is 2.11 bits per heavy atom. The molecule has 2 atom stereocenters. The summed E-state index contributed by atoms with van der Waals surface area (Å²) >= 11 is 0. The van der Waals surface area contributed by atoms with Crippen LogP contribution < -0.4 is 11.1 Å². The molecule has 100 valence electrons. The van der Waals surface area contributed by atoms with Gasteiger partial charge in [-0.25, -0.2) is 0 Å². The molecule has 19 heavy (non-hydrogen) atoms. The average molecular weight is 255 g/mol. The van der Waals surface area contributed by atoms with Crippen LogP contribution in [0.5, 0.6) is 0 Å². The molecule has 1 saturated carbocycles. The van der Waals surface area contributed by atoms with E-state index in [0.717, 1.165) is 28.1 Å². The molecular weight excluding hydrogens is 234 g/mol. The maximum atomic E-state index is 6.02. The minimum atomic E-state index is 0.579. The molecule has 0 saturated heterocycles. The number of nitrogens with two attached hydrogens (primary N) is 1. The Balaban J connectivity index is 1.90. The molecule has 0 aliphatic heterocycles. The molecule has 1 heterocycles. The molecule has 3 heteroatoms. The number of hydrogen-bond donors (Lipinski definition) is 2. The van der Waals surface area contributed by atoms with Gasteiger partial charge in [-0.2, -0.15) is 0 Å². The first-order chi connectivity index (χ1) is 9.24. The molecule has 0 radical (unpaired) electrons. The number of fused-ring (bicyclic) bond motifs is 1. The van der Waals surface area contributed by atoms with Gasteiger partial charge in [-0.05, 0) is 37.0 Å². The number of nitrogens with one attached hydrogen (secondary N) is 1. The van der Waals surface area contributed by atoms with Crippen molar-refractivity contribution < 1.29 is 0 Å². The van der Waals surface area contributed by atoms with Crippen LogP contribution in [-0.2, 0) is 0 Å². The topological polar surface area (TPSA) is 50.9 Å². The van der Waals surface area contributed by atoms with E-state index in [1.807, 2.05) is 18.3 Å². The smallest absolute Gasteiger partial charge is 0.0439 e. The summed E-state index contributed by atoms with van der Waals surface area (Å²) in [7, 11) is 0. The van der Waals surface area contributed by atoms with Crippen molar-refractivity contribution in [3.05, 3.63) is 30.6 Å². The summed E-state index contributed by atoms with van der Waals surface area (Å²) in [4.78, 5) is 4.23. The van der Waals surface area contributed by atoms with E-state index in [4.69, 9.17) is 5.73 Å². The highest BCUT2D eigenvalue weighted by molar-refractivity contribution is 6.00. The fraction of sp³-hybridized carbons (Fsp3) is 0.438. The number of nitrogen functional groups attached to an aromatic ring is 1. The van der Waals surface area contributed by atoms with Gasteiger partial charge >= 0.3 is 0 Å². The first kappa shape index (κ1) is 12.3. The van der Waals surface area contributed by atoms with E-state index in [1.54, 1.807) is 6.20 Å². The van der Waals surface area contributed by atoms with Crippen molar-refractivity contribution in [2.24, 2.45) is 5.92 Å². The lowest BCUT2D eigenvalue weighted by atomic mass is 9.87.